The molecule has 0 aliphatic rings. The lowest BCUT2D eigenvalue weighted by Crippen LogP contribution is -2.27. The number of nitrogens with zero attached hydrogens (tertiary/aromatic N) is 1. The third kappa shape index (κ3) is 5.12. The Labute approximate surface area is 150 Å². The number of ether oxygens (including phenoxy) is 1. The van der Waals surface area contributed by atoms with Crippen LogP contribution in [0.1, 0.15) is 34.2 Å². The normalized spacial score (nSPS) is 10.2. The number of pyridine rings is 1. The molecule has 0 atom stereocenters. The molecule has 2 rings (SSSR count). The van der Waals surface area contributed by atoms with Crippen molar-refractivity contribution in [1.82, 2.24) is 10.3 Å². The maximum absolute atomic E-state index is 12.0. The SMILES string of the molecule is CCOC(=O)CCNC(=O)c1ccc(-c2cc(Cl)ccc2C=O)cn1. The molecular formula is C18H17ClN2O4. The van der Waals surface area contributed by atoms with E-state index in [9.17, 15) is 14.4 Å². The van der Waals surface area contributed by atoms with Gasteiger partial charge in [0, 0.05) is 28.9 Å². The molecule has 1 N–H and O–H groups in total. The molecule has 25 heavy (non-hydrogen) atoms. The summed E-state index contributed by atoms with van der Waals surface area (Å²) in [5, 5.41) is 3.10. The second kappa shape index (κ2) is 8.94. The molecule has 0 aliphatic carbocycles. The smallest absolute Gasteiger partial charge is 0.307 e. The fourth-order valence-electron chi connectivity index (χ4n) is 2.17. The molecule has 0 bridgehead atoms. The monoisotopic (exact) mass is 360 g/mol. The Hall–Kier alpha value is -2.73. The van der Waals surface area contributed by atoms with Gasteiger partial charge in [-0.25, -0.2) is 0 Å². The molecule has 1 aromatic heterocycles. The summed E-state index contributed by atoms with van der Waals surface area (Å²) in [7, 11) is 0. The van der Waals surface area contributed by atoms with E-state index in [0.717, 1.165) is 6.29 Å². The van der Waals surface area contributed by atoms with Crippen molar-refractivity contribution in [3.8, 4) is 11.1 Å². The number of amides is 1. The third-order valence-electron chi connectivity index (χ3n) is 3.37. The molecule has 1 aromatic carbocycles. The van der Waals surface area contributed by atoms with Crippen LogP contribution in [0.2, 0.25) is 5.02 Å². The lowest BCUT2D eigenvalue weighted by atomic mass is 10.0. The van der Waals surface area contributed by atoms with Gasteiger partial charge >= 0.3 is 5.97 Å². The summed E-state index contributed by atoms with van der Waals surface area (Å²) in [6, 6.07) is 8.16. The zero-order chi connectivity index (χ0) is 18.2. The van der Waals surface area contributed by atoms with Crippen molar-refractivity contribution < 1.29 is 19.1 Å². The molecule has 0 fully saturated rings. The molecule has 0 radical (unpaired) electrons. The van der Waals surface area contributed by atoms with Crippen molar-refractivity contribution in [3.05, 3.63) is 52.8 Å². The van der Waals surface area contributed by atoms with Crippen LogP contribution in [0.3, 0.4) is 0 Å². The Morgan fingerprint density at radius 3 is 2.72 bits per heavy atom. The molecule has 6 nitrogen and oxygen atoms in total. The number of benzene rings is 1. The van der Waals surface area contributed by atoms with Gasteiger partial charge in [0.1, 0.15) is 5.69 Å². The molecule has 1 amide bonds. The van der Waals surface area contributed by atoms with Crippen molar-refractivity contribution in [2.75, 3.05) is 13.2 Å². The van der Waals surface area contributed by atoms with Crippen LogP contribution < -0.4 is 5.32 Å². The van der Waals surface area contributed by atoms with Crippen LogP contribution in [-0.2, 0) is 9.53 Å². The highest BCUT2D eigenvalue weighted by Crippen LogP contribution is 2.25. The minimum atomic E-state index is -0.391. The number of nitrogens with one attached hydrogen (secondary N) is 1. The van der Waals surface area contributed by atoms with Crippen LogP contribution >= 0.6 is 11.6 Å². The van der Waals surface area contributed by atoms with Gasteiger partial charge in [0.25, 0.3) is 5.91 Å². The number of hydrogen-bond donors (Lipinski definition) is 1. The van der Waals surface area contributed by atoms with E-state index in [0.29, 0.717) is 28.3 Å². The molecule has 7 heteroatoms. The lowest BCUT2D eigenvalue weighted by molar-refractivity contribution is -0.142. The van der Waals surface area contributed by atoms with Crippen molar-refractivity contribution in [2.24, 2.45) is 0 Å². The maximum Gasteiger partial charge on any atom is 0.307 e. The minimum Gasteiger partial charge on any atom is -0.466 e. The molecule has 2 aromatic rings. The molecule has 0 aliphatic heterocycles. The van der Waals surface area contributed by atoms with Gasteiger partial charge in [-0.15, -0.1) is 0 Å². The number of hydrogen-bond acceptors (Lipinski definition) is 5. The van der Waals surface area contributed by atoms with Gasteiger partial charge in [0.05, 0.1) is 13.0 Å². The van der Waals surface area contributed by atoms with Crippen LogP contribution in [0.25, 0.3) is 11.1 Å². The second-order valence-electron chi connectivity index (χ2n) is 5.09. The predicted molar refractivity (Wildman–Crippen MR) is 93.7 cm³/mol. The number of halogens is 1. The standard InChI is InChI=1S/C18H17ClN2O4/c1-2-25-17(23)7-8-20-18(24)16-6-4-12(10-21-16)15-9-14(19)5-3-13(15)11-22/h3-6,9-11H,2,7-8H2,1H3,(H,20,24). The van der Waals surface area contributed by atoms with Gasteiger partial charge in [-0.3, -0.25) is 19.4 Å². The summed E-state index contributed by atoms with van der Waals surface area (Å²) in [6.07, 6.45) is 2.34. The van der Waals surface area contributed by atoms with E-state index in [1.165, 1.54) is 6.20 Å². The molecule has 0 unspecified atom stereocenters. The maximum atomic E-state index is 12.0. The molecule has 0 saturated carbocycles. The Morgan fingerprint density at radius 2 is 2.08 bits per heavy atom. The van der Waals surface area contributed by atoms with Crippen LogP contribution in [0.15, 0.2) is 36.5 Å². The molecule has 0 saturated heterocycles. The van der Waals surface area contributed by atoms with Crippen molar-refractivity contribution in [2.45, 2.75) is 13.3 Å². The van der Waals surface area contributed by atoms with E-state index in [2.05, 4.69) is 10.3 Å². The van der Waals surface area contributed by atoms with Crippen LogP contribution in [0.5, 0.6) is 0 Å². The number of aromatic nitrogens is 1. The number of carbonyl (C=O) groups is 3. The number of aldehydes is 1. The Morgan fingerprint density at radius 1 is 1.28 bits per heavy atom. The quantitative estimate of drug-likeness (QED) is 0.606. The molecule has 130 valence electrons. The molecule has 0 spiro atoms. The minimum absolute atomic E-state index is 0.100. The highest BCUT2D eigenvalue weighted by atomic mass is 35.5. The average molecular weight is 361 g/mol. The summed E-state index contributed by atoms with van der Waals surface area (Å²) in [6.45, 7) is 2.20. The summed E-state index contributed by atoms with van der Waals surface area (Å²) < 4.78 is 4.78. The summed E-state index contributed by atoms with van der Waals surface area (Å²) in [4.78, 5) is 38.5. The number of esters is 1. The fraction of sp³-hybridized carbons (Fsp3) is 0.222. The number of rotatable bonds is 7. The molecule has 1 heterocycles. The highest BCUT2D eigenvalue weighted by Gasteiger charge is 2.11. The topological polar surface area (TPSA) is 85.4 Å². The zero-order valence-electron chi connectivity index (χ0n) is 13.6. The van der Waals surface area contributed by atoms with Crippen molar-refractivity contribution in [3.63, 3.8) is 0 Å². The van der Waals surface area contributed by atoms with Gasteiger partial charge in [-0.2, -0.15) is 0 Å². The summed E-state index contributed by atoms with van der Waals surface area (Å²) in [5.74, 6) is -0.758. The molecular weight excluding hydrogens is 344 g/mol. The Bertz CT molecular complexity index is 775. The van der Waals surface area contributed by atoms with E-state index in [-0.39, 0.29) is 24.6 Å². The predicted octanol–water partition coefficient (Wildman–Crippen LogP) is 2.90. The Kier molecular flexibility index (Phi) is 6.65. The van der Waals surface area contributed by atoms with Gasteiger partial charge in [0.2, 0.25) is 0 Å². The van der Waals surface area contributed by atoms with E-state index in [4.69, 9.17) is 16.3 Å². The largest absolute Gasteiger partial charge is 0.466 e. The van der Waals surface area contributed by atoms with Crippen LogP contribution in [0, 0.1) is 0 Å². The van der Waals surface area contributed by atoms with Crippen molar-refractivity contribution in [1.29, 1.82) is 0 Å². The second-order valence-corrected chi connectivity index (χ2v) is 5.53. The zero-order valence-corrected chi connectivity index (χ0v) is 14.4. The first-order chi connectivity index (χ1) is 12.0. The van der Waals surface area contributed by atoms with Crippen LogP contribution in [-0.4, -0.2) is 36.3 Å². The van der Waals surface area contributed by atoms with Crippen LogP contribution in [0.4, 0.5) is 0 Å². The van der Waals surface area contributed by atoms with Gasteiger partial charge < -0.3 is 10.1 Å². The third-order valence-corrected chi connectivity index (χ3v) is 3.60. The van der Waals surface area contributed by atoms with E-state index >= 15 is 0 Å². The summed E-state index contributed by atoms with van der Waals surface area (Å²) in [5.41, 5.74) is 2.01. The first-order valence-electron chi connectivity index (χ1n) is 7.70. The summed E-state index contributed by atoms with van der Waals surface area (Å²) >= 11 is 5.97. The van der Waals surface area contributed by atoms with Gasteiger partial charge in [0.15, 0.2) is 6.29 Å². The lowest BCUT2D eigenvalue weighted by Gasteiger charge is -2.07. The van der Waals surface area contributed by atoms with E-state index < -0.39 is 5.91 Å². The fourth-order valence-corrected chi connectivity index (χ4v) is 2.34. The van der Waals surface area contributed by atoms with E-state index in [1.54, 1.807) is 37.3 Å². The van der Waals surface area contributed by atoms with E-state index in [1.807, 2.05) is 0 Å². The van der Waals surface area contributed by atoms with Crippen molar-refractivity contribution >= 4 is 29.8 Å². The number of carbonyl (C=O) groups excluding carboxylic acids is 3. The van der Waals surface area contributed by atoms with Gasteiger partial charge in [-0.1, -0.05) is 17.7 Å². The average Bonchev–Trinajstić information content (AvgIpc) is 2.62. The first-order valence-corrected chi connectivity index (χ1v) is 8.08. The Balaban J connectivity index is 2.05. The highest BCUT2D eigenvalue weighted by molar-refractivity contribution is 6.31. The first kappa shape index (κ1) is 18.6. The van der Waals surface area contributed by atoms with Gasteiger partial charge in [-0.05, 0) is 36.8 Å².